The third kappa shape index (κ3) is 6.39. The van der Waals surface area contributed by atoms with E-state index in [1.807, 2.05) is 25.5 Å². The van der Waals surface area contributed by atoms with Crippen molar-refractivity contribution in [2.45, 2.75) is 59.4 Å². The van der Waals surface area contributed by atoms with E-state index in [4.69, 9.17) is 4.74 Å². The number of imide groups is 1. The van der Waals surface area contributed by atoms with Crippen LogP contribution in [0, 0.1) is 26.7 Å². The summed E-state index contributed by atoms with van der Waals surface area (Å²) in [4.78, 5) is 36.1. The fourth-order valence-electron chi connectivity index (χ4n) is 3.95. The summed E-state index contributed by atoms with van der Waals surface area (Å²) < 4.78 is 6.89. The van der Waals surface area contributed by atoms with Crippen molar-refractivity contribution in [3.8, 4) is 0 Å². The monoisotopic (exact) mass is 437 g/mol. The van der Waals surface area contributed by atoms with E-state index in [0.717, 1.165) is 54.6 Å². The number of nitrogens with one attached hydrogen (secondary N) is 1. The predicted molar refractivity (Wildman–Crippen MR) is 122 cm³/mol. The first-order valence-corrected chi connectivity index (χ1v) is 11.1. The van der Waals surface area contributed by atoms with Crippen LogP contribution in [0.25, 0.3) is 6.08 Å². The molecule has 1 aliphatic carbocycles. The number of carbonyl (C=O) groups is 3. The fraction of sp³-hybridized carbons (Fsp3) is 0.440. The molecular weight excluding hydrogens is 406 g/mol. The molecule has 1 aromatic heterocycles. The molecule has 0 aliphatic heterocycles. The summed E-state index contributed by atoms with van der Waals surface area (Å²) >= 11 is 0. The standard InChI is InChI=1S/C25H31N3O4/c1-17-9-11-20(12-10-17)15-28-19(3)22(18(2)27-28)13-14-24(30)32-16-23(29)26-25(31)21-7-5-4-6-8-21/h9-14,21H,4-8,15-16H2,1-3H3,(H,26,29,31)/b14-13+. The van der Waals surface area contributed by atoms with Crippen LogP contribution in [0.4, 0.5) is 0 Å². The number of amides is 2. The van der Waals surface area contributed by atoms with Crippen LogP contribution in [0.2, 0.25) is 0 Å². The number of aryl methyl sites for hydroxylation is 2. The van der Waals surface area contributed by atoms with Gasteiger partial charge in [-0.1, -0.05) is 49.1 Å². The lowest BCUT2D eigenvalue weighted by atomic mass is 9.89. The average molecular weight is 438 g/mol. The Morgan fingerprint density at radius 3 is 2.47 bits per heavy atom. The minimum absolute atomic E-state index is 0.120. The van der Waals surface area contributed by atoms with Crippen LogP contribution >= 0.6 is 0 Å². The molecule has 170 valence electrons. The third-order valence-corrected chi connectivity index (χ3v) is 5.86. The summed E-state index contributed by atoms with van der Waals surface area (Å²) in [5.41, 5.74) is 4.92. The van der Waals surface area contributed by atoms with Crippen molar-refractivity contribution in [3.05, 3.63) is 58.4 Å². The molecule has 0 spiro atoms. The van der Waals surface area contributed by atoms with Crippen molar-refractivity contribution in [1.29, 1.82) is 0 Å². The van der Waals surface area contributed by atoms with Crippen molar-refractivity contribution in [2.24, 2.45) is 5.92 Å². The lowest BCUT2D eigenvalue weighted by Gasteiger charge is -2.20. The second-order valence-electron chi connectivity index (χ2n) is 8.42. The smallest absolute Gasteiger partial charge is 0.331 e. The molecule has 0 atom stereocenters. The van der Waals surface area contributed by atoms with Crippen LogP contribution < -0.4 is 5.32 Å². The van der Waals surface area contributed by atoms with Gasteiger partial charge < -0.3 is 4.74 Å². The summed E-state index contributed by atoms with van der Waals surface area (Å²) in [7, 11) is 0. The highest BCUT2D eigenvalue weighted by Crippen LogP contribution is 2.23. The highest BCUT2D eigenvalue weighted by Gasteiger charge is 2.22. The van der Waals surface area contributed by atoms with Crippen LogP contribution in [0.15, 0.2) is 30.3 Å². The third-order valence-electron chi connectivity index (χ3n) is 5.86. The number of nitrogens with zero attached hydrogens (tertiary/aromatic N) is 2. The Morgan fingerprint density at radius 2 is 1.78 bits per heavy atom. The van der Waals surface area contributed by atoms with Gasteiger partial charge in [0.15, 0.2) is 6.61 Å². The van der Waals surface area contributed by atoms with Crippen LogP contribution in [0.3, 0.4) is 0 Å². The van der Waals surface area contributed by atoms with Crippen LogP contribution in [0.5, 0.6) is 0 Å². The first kappa shape index (κ1) is 23.4. The van der Waals surface area contributed by atoms with E-state index in [9.17, 15) is 14.4 Å². The van der Waals surface area contributed by atoms with Gasteiger partial charge in [-0.3, -0.25) is 19.6 Å². The van der Waals surface area contributed by atoms with Gasteiger partial charge in [-0.15, -0.1) is 0 Å². The molecule has 0 unspecified atom stereocenters. The van der Waals surface area contributed by atoms with Gasteiger partial charge in [0.25, 0.3) is 5.91 Å². The van der Waals surface area contributed by atoms with E-state index in [0.29, 0.717) is 6.54 Å². The average Bonchev–Trinajstić information content (AvgIpc) is 3.05. The summed E-state index contributed by atoms with van der Waals surface area (Å²) in [5, 5.41) is 6.90. The Bertz CT molecular complexity index is 999. The van der Waals surface area contributed by atoms with Gasteiger partial charge in [0.1, 0.15) is 0 Å². The van der Waals surface area contributed by atoms with Gasteiger partial charge in [-0.05, 0) is 45.3 Å². The highest BCUT2D eigenvalue weighted by atomic mass is 16.5. The lowest BCUT2D eigenvalue weighted by Crippen LogP contribution is -2.38. The largest absolute Gasteiger partial charge is 0.452 e. The Balaban J connectivity index is 1.51. The molecule has 3 rings (SSSR count). The molecule has 2 aromatic rings. The van der Waals surface area contributed by atoms with Gasteiger partial charge in [0, 0.05) is 23.3 Å². The molecule has 7 heteroatoms. The first-order chi connectivity index (χ1) is 15.3. The molecular formula is C25H31N3O4. The van der Waals surface area contributed by atoms with Crippen LogP contribution in [-0.4, -0.2) is 34.2 Å². The van der Waals surface area contributed by atoms with E-state index in [1.54, 1.807) is 6.08 Å². The number of carbonyl (C=O) groups excluding carboxylic acids is 3. The maximum atomic E-state index is 12.1. The molecule has 7 nitrogen and oxygen atoms in total. The zero-order valence-corrected chi connectivity index (χ0v) is 19.0. The maximum Gasteiger partial charge on any atom is 0.331 e. The number of rotatable bonds is 7. The topological polar surface area (TPSA) is 90.3 Å². The zero-order chi connectivity index (χ0) is 23.1. The van der Waals surface area contributed by atoms with E-state index >= 15 is 0 Å². The summed E-state index contributed by atoms with van der Waals surface area (Å²) in [5.74, 6) is -1.63. The SMILES string of the molecule is Cc1ccc(Cn2nc(C)c(/C=C/C(=O)OCC(=O)NC(=O)C3CCCCC3)c2C)cc1. The molecule has 1 heterocycles. The van der Waals surface area contributed by atoms with Crippen LogP contribution in [0.1, 0.15) is 60.2 Å². The Morgan fingerprint density at radius 1 is 1.09 bits per heavy atom. The number of benzene rings is 1. The number of hydrogen-bond acceptors (Lipinski definition) is 5. The van der Waals surface area contributed by atoms with Crippen molar-refractivity contribution in [3.63, 3.8) is 0 Å². The molecule has 1 aliphatic rings. The highest BCUT2D eigenvalue weighted by molar-refractivity contribution is 5.98. The van der Waals surface area contributed by atoms with E-state index < -0.39 is 18.5 Å². The second-order valence-corrected chi connectivity index (χ2v) is 8.42. The summed E-state index contributed by atoms with van der Waals surface area (Å²) in [6.45, 7) is 6.04. The Kier molecular flexibility index (Phi) is 7.98. The number of esters is 1. The minimum atomic E-state index is -0.643. The van der Waals surface area contributed by atoms with E-state index in [1.165, 1.54) is 11.6 Å². The first-order valence-electron chi connectivity index (χ1n) is 11.1. The van der Waals surface area contributed by atoms with Crippen molar-refractivity contribution in [2.75, 3.05) is 6.61 Å². The molecule has 1 N–H and O–H groups in total. The van der Waals surface area contributed by atoms with Gasteiger partial charge in [0.2, 0.25) is 5.91 Å². The number of hydrogen-bond donors (Lipinski definition) is 1. The molecule has 1 saturated carbocycles. The quantitative estimate of drug-likeness (QED) is 0.528. The normalized spacial score (nSPS) is 14.5. The molecule has 0 radical (unpaired) electrons. The summed E-state index contributed by atoms with van der Waals surface area (Å²) in [6, 6.07) is 8.28. The molecule has 32 heavy (non-hydrogen) atoms. The van der Waals surface area contributed by atoms with Gasteiger partial charge >= 0.3 is 5.97 Å². The molecule has 2 amide bonds. The van der Waals surface area contributed by atoms with Crippen molar-refractivity contribution < 1.29 is 19.1 Å². The summed E-state index contributed by atoms with van der Waals surface area (Å²) in [6.07, 6.45) is 7.68. The fourth-order valence-corrected chi connectivity index (χ4v) is 3.95. The Hall–Kier alpha value is -3.22. The molecule has 1 aromatic carbocycles. The van der Waals surface area contributed by atoms with Crippen molar-refractivity contribution >= 4 is 23.9 Å². The zero-order valence-electron chi connectivity index (χ0n) is 19.0. The predicted octanol–water partition coefficient (Wildman–Crippen LogP) is 3.64. The number of ether oxygens (including phenoxy) is 1. The van der Waals surface area contributed by atoms with E-state index in [2.05, 4.69) is 34.7 Å². The van der Waals surface area contributed by atoms with Gasteiger partial charge in [0.05, 0.1) is 12.2 Å². The molecule has 0 saturated heterocycles. The van der Waals surface area contributed by atoms with Crippen LogP contribution in [-0.2, 0) is 25.7 Å². The van der Waals surface area contributed by atoms with Gasteiger partial charge in [-0.2, -0.15) is 5.10 Å². The molecule has 0 bridgehead atoms. The lowest BCUT2D eigenvalue weighted by molar-refractivity contribution is -0.146. The van der Waals surface area contributed by atoms with Crippen molar-refractivity contribution in [1.82, 2.24) is 15.1 Å². The molecule has 1 fully saturated rings. The second kappa shape index (κ2) is 10.9. The maximum absolute atomic E-state index is 12.1. The number of aromatic nitrogens is 2. The van der Waals surface area contributed by atoms with E-state index in [-0.39, 0.29) is 11.8 Å². The minimum Gasteiger partial charge on any atom is -0.452 e. The van der Waals surface area contributed by atoms with Gasteiger partial charge in [-0.25, -0.2) is 4.79 Å². The Labute approximate surface area is 188 Å².